The third-order valence-electron chi connectivity index (χ3n) is 2.55. The van der Waals surface area contributed by atoms with Crippen molar-refractivity contribution in [3.05, 3.63) is 23.8 Å². The van der Waals surface area contributed by atoms with E-state index in [0.29, 0.717) is 11.4 Å². The highest BCUT2D eigenvalue weighted by Crippen LogP contribution is 2.36. The van der Waals surface area contributed by atoms with Gasteiger partial charge in [0.15, 0.2) is 0 Å². The van der Waals surface area contributed by atoms with E-state index in [2.05, 4.69) is 10.3 Å². The molecule has 5 nitrogen and oxygen atoms in total. The van der Waals surface area contributed by atoms with Crippen LogP contribution in [0.2, 0.25) is 0 Å². The third-order valence-corrected chi connectivity index (χ3v) is 2.55. The Bertz CT molecular complexity index is 425. The maximum absolute atomic E-state index is 12.9. The molecule has 2 N–H and O–H groups in total. The molecular formula is C10H11FN2O3. The number of carboxylic acid groups (broad SMARTS) is 1. The molecule has 0 radical (unpaired) electrons. The van der Waals surface area contributed by atoms with Gasteiger partial charge in [0, 0.05) is 12.6 Å². The number of fused-ring (bicyclic) bond motifs is 1. The molecule has 1 aliphatic heterocycles. The van der Waals surface area contributed by atoms with Crippen molar-refractivity contribution in [2.75, 3.05) is 6.54 Å². The van der Waals surface area contributed by atoms with Crippen LogP contribution in [0.4, 0.5) is 9.18 Å². The Kier molecular flexibility index (Phi) is 2.64. The summed E-state index contributed by atoms with van der Waals surface area (Å²) < 4.78 is 18.3. The zero-order valence-corrected chi connectivity index (χ0v) is 8.61. The molecule has 0 aromatic carbocycles. The summed E-state index contributed by atoms with van der Waals surface area (Å²) in [7, 11) is 0. The fourth-order valence-electron chi connectivity index (χ4n) is 1.77. The SMILES string of the molecule is C[C@H]1Oc2cc(F)cnc2[C@@H]1CNC(=O)O. The number of hydrogen-bond acceptors (Lipinski definition) is 3. The molecule has 0 unspecified atom stereocenters. The van der Waals surface area contributed by atoms with Crippen LogP contribution in [0, 0.1) is 5.82 Å². The number of carbonyl (C=O) groups is 1. The average molecular weight is 226 g/mol. The number of hydrogen-bond donors (Lipinski definition) is 2. The minimum Gasteiger partial charge on any atom is -0.488 e. The predicted molar refractivity (Wildman–Crippen MR) is 53.1 cm³/mol. The molecule has 0 bridgehead atoms. The van der Waals surface area contributed by atoms with Crippen LogP contribution < -0.4 is 10.1 Å². The molecule has 0 saturated carbocycles. The van der Waals surface area contributed by atoms with Gasteiger partial charge < -0.3 is 15.2 Å². The molecule has 1 aliphatic rings. The number of nitrogens with zero attached hydrogens (tertiary/aromatic N) is 1. The average Bonchev–Trinajstić information content (AvgIpc) is 2.50. The van der Waals surface area contributed by atoms with Crippen LogP contribution >= 0.6 is 0 Å². The molecule has 2 atom stereocenters. The Labute approximate surface area is 91.3 Å². The predicted octanol–water partition coefficient (Wildman–Crippen LogP) is 1.35. The van der Waals surface area contributed by atoms with Gasteiger partial charge in [-0.1, -0.05) is 0 Å². The fraction of sp³-hybridized carbons (Fsp3) is 0.400. The van der Waals surface area contributed by atoms with Crippen molar-refractivity contribution in [2.45, 2.75) is 18.9 Å². The second-order valence-corrected chi connectivity index (χ2v) is 3.65. The topological polar surface area (TPSA) is 71.5 Å². The lowest BCUT2D eigenvalue weighted by Gasteiger charge is -2.13. The lowest BCUT2D eigenvalue weighted by molar-refractivity contribution is 0.187. The van der Waals surface area contributed by atoms with Crippen LogP contribution in [0.1, 0.15) is 18.5 Å². The molecule has 0 aliphatic carbocycles. The van der Waals surface area contributed by atoms with Gasteiger partial charge in [-0.15, -0.1) is 0 Å². The van der Waals surface area contributed by atoms with E-state index in [1.807, 2.05) is 0 Å². The Morgan fingerprint density at radius 3 is 3.19 bits per heavy atom. The van der Waals surface area contributed by atoms with E-state index < -0.39 is 11.9 Å². The first-order valence-corrected chi connectivity index (χ1v) is 4.87. The smallest absolute Gasteiger partial charge is 0.404 e. The molecule has 86 valence electrons. The van der Waals surface area contributed by atoms with E-state index in [9.17, 15) is 9.18 Å². The number of ether oxygens (including phenoxy) is 1. The van der Waals surface area contributed by atoms with Crippen molar-refractivity contribution in [3.63, 3.8) is 0 Å². The Hall–Kier alpha value is -1.85. The van der Waals surface area contributed by atoms with Gasteiger partial charge in [0.25, 0.3) is 0 Å². The first-order valence-electron chi connectivity index (χ1n) is 4.87. The Balaban J connectivity index is 2.19. The molecule has 1 aromatic rings. The molecule has 0 fully saturated rings. The van der Waals surface area contributed by atoms with Crippen LogP contribution in [-0.4, -0.2) is 28.8 Å². The zero-order chi connectivity index (χ0) is 11.7. The highest BCUT2D eigenvalue weighted by Gasteiger charge is 2.33. The monoisotopic (exact) mass is 226 g/mol. The highest BCUT2D eigenvalue weighted by molar-refractivity contribution is 5.64. The summed E-state index contributed by atoms with van der Waals surface area (Å²) in [5.74, 6) is -0.241. The van der Waals surface area contributed by atoms with Gasteiger partial charge in [-0.2, -0.15) is 0 Å². The molecule has 1 aromatic heterocycles. The van der Waals surface area contributed by atoms with E-state index in [-0.39, 0.29) is 18.6 Å². The van der Waals surface area contributed by atoms with Crippen LogP contribution in [0.5, 0.6) is 5.75 Å². The number of nitrogens with one attached hydrogen (secondary N) is 1. The highest BCUT2D eigenvalue weighted by atomic mass is 19.1. The molecule has 2 rings (SSSR count). The molecule has 16 heavy (non-hydrogen) atoms. The van der Waals surface area contributed by atoms with E-state index in [0.717, 1.165) is 6.20 Å². The van der Waals surface area contributed by atoms with Crippen molar-refractivity contribution < 1.29 is 19.0 Å². The maximum atomic E-state index is 12.9. The van der Waals surface area contributed by atoms with Crippen LogP contribution in [-0.2, 0) is 0 Å². The van der Waals surface area contributed by atoms with Gasteiger partial charge in [0.05, 0.1) is 17.8 Å². The summed E-state index contributed by atoms with van der Waals surface area (Å²) in [6.07, 6.45) is -0.201. The van der Waals surface area contributed by atoms with Crippen LogP contribution in [0.25, 0.3) is 0 Å². The van der Waals surface area contributed by atoms with Crippen molar-refractivity contribution in [2.24, 2.45) is 0 Å². The normalized spacial score (nSPS) is 22.4. The Morgan fingerprint density at radius 1 is 1.75 bits per heavy atom. The number of pyridine rings is 1. The molecule has 0 saturated heterocycles. The number of amides is 1. The summed E-state index contributed by atoms with van der Waals surface area (Å²) in [5.41, 5.74) is 0.600. The summed E-state index contributed by atoms with van der Waals surface area (Å²) in [6, 6.07) is 1.26. The van der Waals surface area contributed by atoms with Crippen LogP contribution in [0.3, 0.4) is 0 Å². The van der Waals surface area contributed by atoms with Gasteiger partial charge in [-0.3, -0.25) is 4.98 Å². The van der Waals surface area contributed by atoms with Gasteiger partial charge in [0.1, 0.15) is 17.7 Å². The van der Waals surface area contributed by atoms with E-state index >= 15 is 0 Å². The first-order chi connectivity index (χ1) is 7.58. The maximum Gasteiger partial charge on any atom is 0.404 e. The summed E-state index contributed by atoms with van der Waals surface area (Å²) in [4.78, 5) is 14.3. The van der Waals surface area contributed by atoms with E-state index in [1.165, 1.54) is 6.07 Å². The third kappa shape index (κ3) is 1.91. The summed E-state index contributed by atoms with van der Waals surface area (Å²) in [5, 5.41) is 10.8. The largest absolute Gasteiger partial charge is 0.488 e. The first kappa shape index (κ1) is 10.7. The lowest BCUT2D eigenvalue weighted by atomic mass is 10.0. The van der Waals surface area contributed by atoms with Crippen LogP contribution in [0.15, 0.2) is 12.3 Å². The quantitative estimate of drug-likeness (QED) is 0.798. The van der Waals surface area contributed by atoms with Gasteiger partial charge >= 0.3 is 6.09 Å². The van der Waals surface area contributed by atoms with Gasteiger partial charge in [-0.05, 0) is 6.92 Å². The minimum absolute atomic E-state index is 0.174. The summed E-state index contributed by atoms with van der Waals surface area (Å²) >= 11 is 0. The molecule has 2 heterocycles. The summed E-state index contributed by atoms with van der Waals surface area (Å²) in [6.45, 7) is 2.01. The van der Waals surface area contributed by atoms with Crippen molar-refractivity contribution >= 4 is 6.09 Å². The zero-order valence-electron chi connectivity index (χ0n) is 8.61. The van der Waals surface area contributed by atoms with Crippen molar-refractivity contribution in [3.8, 4) is 5.75 Å². The molecule has 6 heteroatoms. The van der Waals surface area contributed by atoms with Gasteiger partial charge in [-0.25, -0.2) is 9.18 Å². The van der Waals surface area contributed by atoms with Gasteiger partial charge in [0.2, 0.25) is 0 Å². The Morgan fingerprint density at radius 2 is 2.50 bits per heavy atom. The second-order valence-electron chi connectivity index (χ2n) is 3.65. The van der Waals surface area contributed by atoms with Crippen molar-refractivity contribution in [1.29, 1.82) is 0 Å². The molecular weight excluding hydrogens is 215 g/mol. The standard InChI is InChI=1S/C10H11FN2O3/c1-5-7(4-13-10(14)15)9-8(16-5)2-6(11)3-12-9/h2-3,5,7,13H,4H2,1H3,(H,14,15)/t5-,7-/m1/s1. The fourth-order valence-corrected chi connectivity index (χ4v) is 1.77. The number of rotatable bonds is 2. The van der Waals surface area contributed by atoms with E-state index in [1.54, 1.807) is 6.92 Å². The lowest BCUT2D eigenvalue weighted by Crippen LogP contribution is -2.30. The number of halogens is 1. The minimum atomic E-state index is -1.09. The van der Waals surface area contributed by atoms with E-state index in [4.69, 9.17) is 9.84 Å². The molecule has 1 amide bonds. The number of aromatic nitrogens is 1. The molecule has 0 spiro atoms. The second kappa shape index (κ2) is 3.96. The van der Waals surface area contributed by atoms with Crippen molar-refractivity contribution in [1.82, 2.24) is 10.3 Å².